The molecule has 0 fully saturated rings. The number of hydrogen-bond acceptors (Lipinski definition) is 7. The first-order valence-electron chi connectivity index (χ1n) is 10.8. The minimum atomic E-state index is -1.20. The van der Waals surface area contributed by atoms with E-state index in [0.29, 0.717) is 28.0 Å². The van der Waals surface area contributed by atoms with E-state index in [9.17, 15) is 24.3 Å². The van der Waals surface area contributed by atoms with Crippen LogP contribution in [0.25, 0.3) is 26.8 Å². The Hall–Kier alpha value is -4.77. The number of thiazole rings is 1. The van der Waals surface area contributed by atoms with Crippen molar-refractivity contribution in [3.8, 4) is 5.69 Å². The number of fused-ring (bicyclic) bond motifs is 2. The third-order valence-electron chi connectivity index (χ3n) is 5.65. The van der Waals surface area contributed by atoms with E-state index in [2.05, 4.69) is 15.3 Å². The molecule has 2 aromatic heterocycles. The zero-order valence-electron chi connectivity index (χ0n) is 18.6. The van der Waals surface area contributed by atoms with Gasteiger partial charge < -0.3 is 21.1 Å². The maximum atomic E-state index is 12.9. The highest BCUT2D eigenvalue weighted by molar-refractivity contribution is 7.20. The molecule has 180 valence electrons. The van der Waals surface area contributed by atoms with Gasteiger partial charge in [0.05, 0.1) is 26.8 Å². The lowest BCUT2D eigenvalue weighted by atomic mass is 10.1. The van der Waals surface area contributed by atoms with Crippen molar-refractivity contribution in [3.05, 3.63) is 98.1 Å². The zero-order chi connectivity index (χ0) is 25.4. The number of H-pyrrole nitrogens is 1. The second-order valence-electron chi connectivity index (χ2n) is 8.10. The summed E-state index contributed by atoms with van der Waals surface area (Å²) < 4.78 is 1.81. The number of carbonyl (C=O) groups excluding carboxylic acids is 1. The zero-order valence-corrected chi connectivity index (χ0v) is 19.4. The van der Waals surface area contributed by atoms with Crippen LogP contribution in [0, 0.1) is 0 Å². The predicted molar refractivity (Wildman–Crippen MR) is 137 cm³/mol. The summed E-state index contributed by atoms with van der Waals surface area (Å²) in [5, 5.41) is 12.6. The van der Waals surface area contributed by atoms with Gasteiger partial charge in [-0.25, -0.2) is 19.1 Å². The van der Waals surface area contributed by atoms with Crippen LogP contribution in [0.15, 0.2) is 76.3 Å². The number of amides is 1. The number of carbonyl (C=O) groups is 2. The lowest BCUT2D eigenvalue weighted by Crippen LogP contribution is -2.42. The van der Waals surface area contributed by atoms with Crippen LogP contribution in [0.3, 0.4) is 0 Å². The van der Waals surface area contributed by atoms with Gasteiger partial charge in [0.25, 0.3) is 11.5 Å². The molecule has 0 aliphatic carbocycles. The van der Waals surface area contributed by atoms with E-state index in [4.69, 9.17) is 5.73 Å². The van der Waals surface area contributed by atoms with Gasteiger partial charge in [-0.1, -0.05) is 24.3 Å². The molecular formula is C25H19N5O5S. The Balaban J connectivity index is 1.38. The number of carboxylic acid groups (broad SMARTS) is 1. The molecule has 2 heterocycles. The second-order valence-corrected chi connectivity index (χ2v) is 9.13. The van der Waals surface area contributed by atoms with Crippen LogP contribution in [0.1, 0.15) is 15.4 Å². The van der Waals surface area contributed by atoms with E-state index in [-0.39, 0.29) is 16.8 Å². The number of aliphatic carboxylic acids is 1. The quantitative estimate of drug-likeness (QED) is 0.260. The van der Waals surface area contributed by atoms with Gasteiger partial charge in [-0.3, -0.25) is 9.59 Å². The maximum absolute atomic E-state index is 12.9. The van der Waals surface area contributed by atoms with Crippen molar-refractivity contribution in [3.63, 3.8) is 0 Å². The Labute approximate surface area is 206 Å². The Morgan fingerprint density at radius 3 is 2.56 bits per heavy atom. The molecule has 1 atom stereocenters. The average Bonchev–Trinajstić information content (AvgIpc) is 3.30. The van der Waals surface area contributed by atoms with E-state index in [0.717, 1.165) is 9.27 Å². The number of aromatic nitrogens is 3. The standard InChI is InChI=1S/C25H19N5O5S/c26-14-7-10-17-16(12-14)23(32)30(25(35)29-17)15-8-5-13(6-9-15)11-19(24(33)34)27-21(31)22-28-18-3-1-2-4-20(18)36-22/h1-10,12,19H,11,26H2,(H,27,31)(H,29,35)(H,33,34)/t19-/m0/s1. The van der Waals surface area contributed by atoms with Crippen molar-refractivity contribution in [1.82, 2.24) is 19.9 Å². The van der Waals surface area contributed by atoms with E-state index in [1.807, 2.05) is 18.2 Å². The number of aromatic amines is 1. The lowest BCUT2D eigenvalue weighted by molar-refractivity contribution is -0.139. The summed E-state index contributed by atoms with van der Waals surface area (Å²) in [4.78, 5) is 56.9. The highest BCUT2D eigenvalue weighted by atomic mass is 32.1. The Kier molecular flexibility index (Phi) is 5.82. The van der Waals surface area contributed by atoms with Crippen molar-refractivity contribution < 1.29 is 14.7 Å². The molecule has 0 aliphatic rings. The maximum Gasteiger partial charge on any atom is 0.333 e. The second kappa shape index (κ2) is 9.12. The van der Waals surface area contributed by atoms with Gasteiger partial charge in [0.2, 0.25) is 0 Å². The first-order valence-corrected chi connectivity index (χ1v) is 11.6. The van der Waals surface area contributed by atoms with E-state index in [1.165, 1.54) is 17.4 Å². The topological polar surface area (TPSA) is 160 Å². The van der Waals surface area contributed by atoms with Gasteiger partial charge in [-0.2, -0.15) is 0 Å². The van der Waals surface area contributed by atoms with Crippen LogP contribution in [0.2, 0.25) is 0 Å². The molecule has 0 saturated carbocycles. The van der Waals surface area contributed by atoms with Crippen LogP contribution >= 0.6 is 11.3 Å². The SMILES string of the molecule is Nc1ccc2[nH]c(=O)n(-c3ccc(C[C@H](NC(=O)c4nc5ccccc5s4)C(=O)O)cc3)c(=O)c2c1. The molecule has 0 unspecified atom stereocenters. The minimum absolute atomic E-state index is 0.00818. The Morgan fingerprint density at radius 2 is 1.83 bits per heavy atom. The van der Waals surface area contributed by atoms with E-state index >= 15 is 0 Å². The number of para-hydroxylation sites is 1. The number of nitrogens with two attached hydrogens (primary N) is 1. The van der Waals surface area contributed by atoms with Crippen molar-refractivity contribution in [2.75, 3.05) is 5.73 Å². The van der Waals surface area contributed by atoms with E-state index in [1.54, 1.807) is 42.5 Å². The Morgan fingerprint density at radius 1 is 1.08 bits per heavy atom. The largest absolute Gasteiger partial charge is 0.480 e. The molecule has 36 heavy (non-hydrogen) atoms. The fourth-order valence-corrected chi connectivity index (χ4v) is 4.74. The van der Waals surface area contributed by atoms with E-state index < -0.39 is 29.2 Å². The molecule has 0 aliphatic heterocycles. The molecule has 0 spiro atoms. The number of anilines is 1. The molecule has 10 nitrogen and oxygen atoms in total. The number of benzene rings is 3. The van der Waals surface area contributed by atoms with Crippen LogP contribution < -0.4 is 22.3 Å². The first-order chi connectivity index (χ1) is 17.3. The lowest BCUT2D eigenvalue weighted by Gasteiger charge is -2.14. The first kappa shape index (κ1) is 23.0. The summed E-state index contributed by atoms with van der Waals surface area (Å²) >= 11 is 1.18. The highest BCUT2D eigenvalue weighted by Gasteiger charge is 2.23. The van der Waals surface area contributed by atoms with Crippen LogP contribution in [0.4, 0.5) is 5.69 Å². The van der Waals surface area contributed by atoms with Gasteiger partial charge >= 0.3 is 11.7 Å². The van der Waals surface area contributed by atoms with Crippen molar-refractivity contribution >= 4 is 50.0 Å². The number of nitrogens with zero attached hydrogens (tertiary/aromatic N) is 2. The fraction of sp³-hybridized carbons (Fsp3) is 0.0800. The smallest absolute Gasteiger partial charge is 0.333 e. The van der Waals surface area contributed by atoms with Crippen molar-refractivity contribution in [1.29, 1.82) is 0 Å². The molecule has 11 heteroatoms. The summed E-state index contributed by atoms with van der Waals surface area (Å²) in [5.41, 5.74) is 6.96. The molecule has 0 radical (unpaired) electrons. The summed E-state index contributed by atoms with van der Waals surface area (Å²) in [5.74, 6) is -1.78. The normalized spacial score (nSPS) is 12.0. The summed E-state index contributed by atoms with van der Waals surface area (Å²) in [6.45, 7) is 0. The molecule has 1 amide bonds. The average molecular weight is 502 g/mol. The Bertz CT molecular complexity index is 1720. The molecular weight excluding hydrogens is 482 g/mol. The summed E-state index contributed by atoms with van der Waals surface area (Å²) in [7, 11) is 0. The number of rotatable bonds is 6. The van der Waals surface area contributed by atoms with Gasteiger partial charge in [-0.15, -0.1) is 11.3 Å². The van der Waals surface area contributed by atoms with Gasteiger partial charge in [0.15, 0.2) is 5.01 Å². The molecule has 5 N–H and O–H groups in total. The summed E-state index contributed by atoms with van der Waals surface area (Å²) in [6.07, 6.45) is -0.00818. The van der Waals surface area contributed by atoms with Crippen LogP contribution in [-0.2, 0) is 11.2 Å². The van der Waals surface area contributed by atoms with Crippen LogP contribution in [-0.4, -0.2) is 37.6 Å². The van der Waals surface area contributed by atoms with Crippen molar-refractivity contribution in [2.45, 2.75) is 12.5 Å². The number of nitrogen functional groups attached to an aromatic ring is 1. The number of nitrogens with one attached hydrogen (secondary N) is 2. The third-order valence-corrected chi connectivity index (χ3v) is 6.68. The molecule has 5 rings (SSSR count). The number of carboxylic acids is 1. The molecule has 0 bridgehead atoms. The van der Waals surface area contributed by atoms with Gasteiger partial charge in [0, 0.05) is 12.1 Å². The molecule has 0 saturated heterocycles. The highest BCUT2D eigenvalue weighted by Crippen LogP contribution is 2.21. The van der Waals surface area contributed by atoms with Crippen LogP contribution in [0.5, 0.6) is 0 Å². The third kappa shape index (κ3) is 4.34. The predicted octanol–water partition coefficient (Wildman–Crippen LogP) is 2.30. The monoisotopic (exact) mass is 501 g/mol. The van der Waals surface area contributed by atoms with Gasteiger partial charge in [-0.05, 0) is 48.0 Å². The molecule has 3 aromatic carbocycles. The summed E-state index contributed by atoms with van der Waals surface area (Å²) in [6, 6.07) is 17.0. The van der Waals surface area contributed by atoms with Gasteiger partial charge in [0.1, 0.15) is 6.04 Å². The molecule has 5 aromatic rings. The number of hydrogen-bond donors (Lipinski definition) is 4. The van der Waals surface area contributed by atoms with Crippen molar-refractivity contribution in [2.24, 2.45) is 0 Å². The minimum Gasteiger partial charge on any atom is -0.480 e. The fourth-order valence-electron chi connectivity index (χ4n) is 3.87.